The maximum atomic E-state index is 12.4. The standard InChI is InChI=1S/C13H7F3N4O2S2/c14-13(15,16)11-18-10(20-22-11)8-3-1-7(2-4-8)9(21)5-23-12-19-17-6-24-12/h1-4,6H,5H2. The van der Waals surface area contributed by atoms with E-state index in [1.165, 1.54) is 47.4 Å². The third-order valence-electron chi connectivity index (χ3n) is 2.80. The van der Waals surface area contributed by atoms with Crippen molar-refractivity contribution in [1.82, 2.24) is 20.3 Å². The fourth-order valence-electron chi connectivity index (χ4n) is 1.70. The van der Waals surface area contributed by atoms with Gasteiger partial charge in [0.1, 0.15) is 5.51 Å². The van der Waals surface area contributed by atoms with Crippen molar-refractivity contribution in [3.63, 3.8) is 0 Å². The normalized spacial score (nSPS) is 11.6. The molecule has 11 heteroatoms. The summed E-state index contributed by atoms with van der Waals surface area (Å²) in [5, 5.41) is 10.8. The second kappa shape index (κ2) is 6.69. The summed E-state index contributed by atoms with van der Waals surface area (Å²) in [6.45, 7) is 0. The van der Waals surface area contributed by atoms with E-state index >= 15 is 0 Å². The lowest BCUT2D eigenvalue weighted by molar-refractivity contribution is -0.159. The van der Waals surface area contributed by atoms with Crippen LogP contribution in [0.1, 0.15) is 16.2 Å². The Kier molecular flexibility index (Phi) is 4.62. The molecule has 0 amide bonds. The fraction of sp³-hybridized carbons (Fsp3) is 0.154. The molecule has 0 saturated heterocycles. The maximum Gasteiger partial charge on any atom is 0.471 e. The van der Waals surface area contributed by atoms with Gasteiger partial charge in [0.25, 0.3) is 0 Å². The predicted octanol–water partition coefficient (Wildman–Crippen LogP) is 3.58. The van der Waals surface area contributed by atoms with Crippen molar-refractivity contribution in [2.75, 3.05) is 5.75 Å². The number of thioether (sulfide) groups is 1. The van der Waals surface area contributed by atoms with E-state index < -0.39 is 12.1 Å². The van der Waals surface area contributed by atoms with E-state index in [4.69, 9.17) is 0 Å². The first-order valence-corrected chi connectivity index (χ1v) is 8.23. The van der Waals surface area contributed by atoms with Crippen LogP contribution in [0.15, 0.2) is 38.6 Å². The Morgan fingerprint density at radius 2 is 2.00 bits per heavy atom. The zero-order chi connectivity index (χ0) is 17.2. The van der Waals surface area contributed by atoms with Crippen molar-refractivity contribution in [2.24, 2.45) is 0 Å². The quantitative estimate of drug-likeness (QED) is 0.500. The van der Waals surface area contributed by atoms with Gasteiger partial charge in [-0.3, -0.25) is 4.79 Å². The molecular weight excluding hydrogens is 365 g/mol. The number of nitrogens with zero attached hydrogens (tertiary/aromatic N) is 4. The summed E-state index contributed by atoms with van der Waals surface area (Å²) < 4.78 is 42.2. The van der Waals surface area contributed by atoms with Crippen molar-refractivity contribution < 1.29 is 22.5 Å². The number of benzene rings is 1. The number of alkyl halides is 3. The molecule has 124 valence electrons. The van der Waals surface area contributed by atoms with Crippen LogP contribution in [0.2, 0.25) is 0 Å². The van der Waals surface area contributed by atoms with Crippen LogP contribution < -0.4 is 0 Å². The second-order valence-corrected chi connectivity index (χ2v) is 6.47. The highest BCUT2D eigenvalue weighted by atomic mass is 32.2. The molecule has 2 heterocycles. The highest BCUT2D eigenvalue weighted by Crippen LogP contribution is 2.29. The average molecular weight is 372 g/mol. The molecule has 0 fully saturated rings. The summed E-state index contributed by atoms with van der Waals surface area (Å²) in [6.07, 6.45) is -4.69. The van der Waals surface area contributed by atoms with E-state index in [1.54, 1.807) is 5.51 Å². The molecule has 0 aliphatic carbocycles. The molecule has 0 atom stereocenters. The molecule has 3 aromatic rings. The van der Waals surface area contributed by atoms with Crippen molar-refractivity contribution in [3.8, 4) is 11.4 Å². The fourth-order valence-corrected chi connectivity index (χ4v) is 3.08. The van der Waals surface area contributed by atoms with Crippen LogP contribution in [0.3, 0.4) is 0 Å². The molecule has 1 aromatic carbocycles. The minimum Gasteiger partial charge on any atom is -0.329 e. The monoisotopic (exact) mass is 372 g/mol. The molecule has 0 aliphatic rings. The van der Waals surface area contributed by atoms with E-state index in [1.807, 2.05) is 0 Å². The van der Waals surface area contributed by atoms with Gasteiger partial charge in [-0.2, -0.15) is 18.2 Å². The van der Waals surface area contributed by atoms with Crippen LogP contribution in [0.4, 0.5) is 13.2 Å². The van der Waals surface area contributed by atoms with E-state index in [2.05, 4.69) is 24.9 Å². The molecule has 24 heavy (non-hydrogen) atoms. The number of aromatic nitrogens is 4. The minimum absolute atomic E-state index is 0.133. The summed E-state index contributed by atoms with van der Waals surface area (Å²) >= 11 is 2.60. The predicted molar refractivity (Wildman–Crippen MR) is 79.7 cm³/mol. The largest absolute Gasteiger partial charge is 0.471 e. The van der Waals surface area contributed by atoms with Gasteiger partial charge < -0.3 is 4.52 Å². The average Bonchev–Trinajstić information content (AvgIpc) is 3.23. The molecule has 0 aliphatic heterocycles. The number of Topliss-reactive ketones (excluding diaryl/α,β-unsaturated/α-hetero) is 1. The molecule has 0 saturated carbocycles. The van der Waals surface area contributed by atoms with Crippen molar-refractivity contribution in [3.05, 3.63) is 41.2 Å². The lowest BCUT2D eigenvalue weighted by Crippen LogP contribution is -2.05. The number of hydrogen-bond donors (Lipinski definition) is 0. The Morgan fingerprint density at radius 1 is 1.25 bits per heavy atom. The van der Waals surface area contributed by atoms with Gasteiger partial charge in [0.15, 0.2) is 10.1 Å². The van der Waals surface area contributed by atoms with Gasteiger partial charge >= 0.3 is 12.1 Å². The lowest BCUT2D eigenvalue weighted by atomic mass is 10.1. The molecule has 2 aromatic heterocycles. The first-order valence-electron chi connectivity index (χ1n) is 6.37. The summed E-state index contributed by atoms with van der Waals surface area (Å²) in [4.78, 5) is 15.4. The summed E-state index contributed by atoms with van der Waals surface area (Å²) in [7, 11) is 0. The van der Waals surface area contributed by atoms with Gasteiger partial charge in [-0.15, -0.1) is 10.2 Å². The molecule has 0 spiro atoms. The summed E-state index contributed by atoms with van der Waals surface area (Å²) in [5.41, 5.74) is 2.32. The van der Waals surface area contributed by atoms with E-state index in [-0.39, 0.29) is 17.4 Å². The van der Waals surface area contributed by atoms with E-state index in [0.29, 0.717) is 15.5 Å². The Hall–Kier alpha value is -2.27. The van der Waals surface area contributed by atoms with Crippen molar-refractivity contribution >= 4 is 28.9 Å². The first kappa shape index (κ1) is 16.6. The Labute approximate surface area is 141 Å². The summed E-state index contributed by atoms with van der Waals surface area (Å²) in [5.74, 6) is -1.55. The number of carbonyl (C=O) groups is 1. The van der Waals surface area contributed by atoms with Gasteiger partial charge in [-0.05, 0) is 0 Å². The van der Waals surface area contributed by atoms with Crippen molar-refractivity contribution in [1.29, 1.82) is 0 Å². The van der Waals surface area contributed by atoms with Crippen LogP contribution in [0, 0.1) is 0 Å². The van der Waals surface area contributed by atoms with Crippen LogP contribution in [-0.4, -0.2) is 31.9 Å². The minimum atomic E-state index is -4.69. The number of hydrogen-bond acceptors (Lipinski definition) is 8. The van der Waals surface area contributed by atoms with E-state index in [9.17, 15) is 18.0 Å². The molecule has 0 bridgehead atoms. The summed E-state index contributed by atoms with van der Waals surface area (Å²) in [6, 6.07) is 5.94. The molecule has 0 N–H and O–H groups in total. The van der Waals surface area contributed by atoms with Gasteiger partial charge in [0, 0.05) is 11.1 Å². The zero-order valence-electron chi connectivity index (χ0n) is 11.6. The molecule has 6 nitrogen and oxygen atoms in total. The number of carbonyl (C=O) groups excluding carboxylic acids is 1. The topological polar surface area (TPSA) is 81.8 Å². The van der Waals surface area contributed by atoms with Gasteiger partial charge in [-0.1, -0.05) is 52.5 Å². The Bertz CT molecular complexity index is 832. The van der Waals surface area contributed by atoms with Gasteiger partial charge in [0.05, 0.1) is 5.75 Å². The zero-order valence-corrected chi connectivity index (χ0v) is 13.3. The molecule has 3 rings (SSSR count). The van der Waals surface area contributed by atoms with E-state index in [0.717, 1.165) is 0 Å². The first-order chi connectivity index (χ1) is 11.4. The van der Waals surface area contributed by atoms with Crippen LogP contribution in [-0.2, 0) is 6.18 Å². The maximum absolute atomic E-state index is 12.4. The van der Waals surface area contributed by atoms with Crippen LogP contribution in [0.5, 0.6) is 0 Å². The smallest absolute Gasteiger partial charge is 0.329 e. The highest BCUT2D eigenvalue weighted by Gasteiger charge is 2.38. The number of rotatable bonds is 5. The Morgan fingerprint density at radius 3 is 2.58 bits per heavy atom. The number of ketones is 1. The van der Waals surface area contributed by atoms with Crippen LogP contribution >= 0.6 is 23.1 Å². The Balaban J connectivity index is 1.68. The number of halogens is 3. The van der Waals surface area contributed by atoms with Gasteiger partial charge in [0.2, 0.25) is 5.82 Å². The third-order valence-corrected chi connectivity index (χ3v) is 4.66. The molecular formula is C13H7F3N4O2S2. The highest BCUT2D eigenvalue weighted by molar-refractivity contribution is 8.01. The second-order valence-electron chi connectivity index (χ2n) is 4.41. The lowest BCUT2D eigenvalue weighted by Gasteiger charge is -2.00. The SMILES string of the molecule is O=C(CSc1nncs1)c1ccc(-c2noc(C(F)(F)F)n2)cc1. The van der Waals surface area contributed by atoms with Crippen LogP contribution in [0.25, 0.3) is 11.4 Å². The molecule has 0 unspecified atom stereocenters. The van der Waals surface area contributed by atoms with Crippen molar-refractivity contribution in [2.45, 2.75) is 10.5 Å². The third kappa shape index (κ3) is 3.79. The molecule has 0 radical (unpaired) electrons. The van der Waals surface area contributed by atoms with Gasteiger partial charge in [-0.25, -0.2) is 0 Å².